The van der Waals surface area contributed by atoms with Gasteiger partial charge in [-0.05, 0) is 6.92 Å². The highest BCUT2D eigenvalue weighted by atomic mass is 16.6. The molecule has 1 heterocycles. The Balaban J connectivity index is 2.01. The van der Waals surface area contributed by atoms with E-state index in [4.69, 9.17) is 14.2 Å². The van der Waals surface area contributed by atoms with Crippen molar-refractivity contribution in [2.24, 2.45) is 0 Å². The predicted octanol–water partition coefficient (Wildman–Crippen LogP) is -0.159. The fraction of sp³-hybridized carbons (Fsp3) is 0.667. The number of Topliss-reactive ketones (excluding diaryl/α,β-unsaturated/α-hetero) is 1. The minimum absolute atomic E-state index is 0.0440. The molecule has 0 bridgehead atoms. The van der Waals surface area contributed by atoms with Crippen LogP contribution in [0.4, 0.5) is 0 Å². The molecule has 1 N–H and O–H groups in total. The average molecular weight is 258 g/mol. The van der Waals surface area contributed by atoms with Crippen LogP contribution in [0.25, 0.3) is 0 Å². The summed E-state index contributed by atoms with van der Waals surface area (Å²) in [5.74, 6) is -0.625. The molecule has 2 unspecified atom stereocenters. The molecule has 0 spiro atoms. The molecule has 1 fully saturated rings. The molecule has 2 atom stereocenters. The summed E-state index contributed by atoms with van der Waals surface area (Å²) in [5, 5.41) is 9.42. The fourth-order valence-electron chi connectivity index (χ4n) is 1.15. The summed E-state index contributed by atoms with van der Waals surface area (Å²) < 4.78 is 14.6. The Morgan fingerprint density at radius 3 is 2.72 bits per heavy atom. The third-order valence-corrected chi connectivity index (χ3v) is 2.19. The summed E-state index contributed by atoms with van der Waals surface area (Å²) in [6, 6.07) is 0. The summed E-state index contributed by atoms with van der Waals surface area (Å²) in [5.41, 5.74) is 0.266. The van der Waals surface area contributed by atoms with Crippen molar-refractivity contribution in [3.8, 4) is 0 Å². The highest BCUT2D eigenvalue weighted by molar-refractivity contribution is 5.86. The molecular weight excluding hydrogens is 240 g/mol. The highest BCUT2D eigenvalue weighted by Crippen LogP contribution is 2.13. The van der Waals surface area contributed by atoms with Gasteiger partial charge in [-0.1, -0.05) is 6.58 Å². The first-order valence-electron chi connectivity index (χ1n) is 5.70. The molecule has 102 valence electrons. The first kappa shape index (κ1) is 14.8. The Morgan fingerprint density at radius 2 is 2.17 bits per heavy atom. The van der Waals surface area contributed by atoms with Crippen molar-refractivity contribution < 1.29 is 28.9 Å². The summed E-state index contributed by atoms with van der Waals surface area (Å²) >= 11 is 0. The molecule has 1 aliphatic heterocycles. The molecule has 0 radical (unpaired) electrons. The number of ketones is 1. The van der Waals surface area contributed by atoms with Crippen molar-refractivity contribution in [2.45, 2.75) is 25.6 Å². The smallest absolute Gasteiger partial charge is 0.333 e. The summed E-state index contributed by atoms with van der Waals surface area (Å²) in [6.07, 6.45) is -0.554. The zero-order valence-electron chi connectivity index (χ0n) is 10.4. The molecule has 1 aliphatic rings. The van der Waals surface area contributed by atoms with Gasteiger partial charge in [0.1, 0.15) is 19.3 Å². The van der Waals surface area contributed by atoms with Gasteiger partial charge in [-0.25, -0.2) is 4.79 Å². The number of carbonyl (C=O) groups is 2. The first-order valence-corrected chi connectivity index (χ1v) is 5.70. The monoisotopic (exact) mass is 258 g/mol. The topological polar surface area (TPSA) is 85.4 Å². The summed E-state index contributed by atoms with van der Waals surface area (Å²) in [7, 11) is 0. The van der Waals surface area contributed by atoms with Gasteiger partial charge in [0.05, 0.1) is 19.3 Å². The lowest BCUT2D eigenvalue weighted by molar-refractivity contribution is -0.143. The van der Waals surface area contributed by atoms with Crippen LogP contribution in [0, 0.1) is 0 Å². The number of hydrogen-bond acceptors (Lipinski definition) is 6. The lowest BCUT2D eigenvalue weighted by Gasteiger charge is -2.11. The Bertz CT molecular complexity index is 321. The van der Waals surface area contributed by atoms with Crippen molar-refractivity contribution in [3.63, 3.8) is 0 Å². The van der Waals surface area contributed by atoms with Crippen molar-refractivity contribution in [2.75, 3.05) is 26.4 Å². The second-order valence-corrected chi connectivity index (χ2v) is 4.25. The molecule has 18 heavy (non-hydrogen) atoms. The minimum Gasteiger partial charge on any atom is -0.460 e. The number of epoxide rings is 1. The molecule has 0 saturated carbocycles. The highest BCUT2D eigenvalue weighted by Gasteiger charge is 2.25. The molecule has 0 aromatic heterocycles. The van der Waals surface area contributed by atoms with E-state index in [9.17, 15) is 14.7 Å². The Kier molecular flexibility index (Phi) is 5.97. The second-order valence-electron chi connectivity index (χ2n) is 4.25. The van der Waals surface area contributed by atoms with Gasteiger partial charge in [-0.15, -0.1) is 0 Å². The maximum absolute atomic E-state index is 11.2. The van der Waals surface area contributed by atoms with Crippen molar-refractivity contribution in [1.82, 2.24) is 0 Å². The normalized spacial score (nSPS) is 19.1. The number of aliphatic hydroxyl groups is 1. The van der Waals surface area contributed by atoms with Gasteiger partial charge in [0, 0.05) is 12.0 Å². The van der Waals surface area contributed by atoms with Gasteiger partial charge in [0.2, 0.25) is 0 Å². The van der Waals surface area contributed by atoms with E-state index in [1.165, 1.54) is 6.92 Å². The van der Waals surface area contributed by atoms with Crippen LogP contribution < -0.4 is 0 Å². The Morgan fingerprint density at radius 1 is 1.50 bits per heavy atom. The largest absolute Gasteiger partial charge is 0.460 e. The zero-order chi connectivity index (χ0) is 13.5. The lowest BCUT2D eigenvalue weighted by Crippen LogP contribution is -2.25. The maximum atomic E-state index is 11.2. The van der Waals surface area contributed by atoms with E-state index in [1.54, 1.807) is 0 Å². The maximum Gasteiger partial charge on any atom is 0.333 e. The van der Waals surface area contributed by atoms with Crippen LogP contribution in [0.5, 0.6) is 0 Å². The van der Waals surface area contributed by atoms with E-state index >= 15 is 0 Å². The molecule has 6 heteroatoms. The van der Waals surface area contributed by atoms with Gasteiger partial charge in [-0.3, -0.25) is 4.79 Å². The van der Waals surface area contributed by atoms with Crippen LogP contribution in [-0.4, -0.2) is 55.5 Å². The van der Waals surface area contributed by atoms with Crippen LogP contribution in [0.15, 0.2) is 12.2 Å². The molecular formula is C12H18O6. The van der Waals surface area contributed by atoms with E-state index in [1.807, 2.05) is 0 Å². The second kappa shape index (κ2) is 7.25. The quantitative estimate of drug-likeness (QED) is 0.351. The molecule has 0 aliphatic carbocycles. The van der Waals surface area contributed by atoms with Gasteiger partial charge < -0.3 is 19.3 Å². The van der Waals surface area contributed by atoms with Crippen molar-refractivity contribution >= 4 is 11.8 Å². The third-order valence-electron chi connectivity index (χ3n) is 2.19. The van der Waals surface area contributed by atoms with E-state index in [0.29, 0.717) is 13.0 Å². The van der Waals surface area contributed by atoms with Crippen LogP contribution in [0.1, 0.15) is 13.3 Å². The SMILES string of the molecule is C=C(C)C(=O)OCC(O)COCC(=O)CC1CO1. The van der Waals surface area contributed by atoms with Gasteiger partial charge >= 0.3 is 5.97 Å². The summed E-state index contributed by atoms with van der Waals surface area (Å²) in [6.45, 7) is 5.26. The summed E-state index contributed by atoms with van der Waals surface area (Å²) in [4.78, 5) is 22.3. The van der Waals surface area contributed by atoms with E-state index in [0.717, 1.165) is 0 Å². The van der Waals surface area contributed by atoms with E-state index in [-0.39, 0.29) is 37.3 Å². The van der Waals surface area contributed by atoms with E-state index < -0.39 is 12.1 Å². The number of hydrogen-bond donors (Lipinski definition) is 1. The molecule has 6 nitrogen and oxygen atoms in total. The Labute approximate surface area is 106 Å². The number of rotatable bonds is 9. The van der Waals surface area contributed by atoms with Crippen LogP contribution >= 0.6 is 0 Å². The lowest BCUT2D eigenvalue weighted by atomic mass is 10.2. The minimum atomic E-state index is -0.946. The van der Waals surface area contributed by atoms with Gasteiger partial charge in [0.15, 0.2) is 5.78 Å². The number of aliphatic hydroxyl groups excluding tert-OH is 1. The molecule has 0 amide bonds. The number of ether oxygens (including phenoxy) is 3. The van der Waals surface area contributed by atoms with Crippen molar-refractivity contribution in [1.29, 1.82) is 0 Å². The van der Waals surface area contributed by atoms with Crippen LogP contribution in [0.2, 0.25) is 0 Å². The Hall–Kier alpha value is -1.24. The van der Waals surface area contributed by atoms with Crippen LogP contribution in [-0.2, 0) is 23.8 Å². The molecule has 0 aromatic carbocycles. The number of esters is 1. The van der Waals surface area contributed by atoms with Crippen molar-refractivity contribution in [3.05, 3.63) is 12.2 Å². The first-order chi connectivity index (χ1) is 8.49. The average Bonchev–Trinajstić information content (AvgIpc) is 3.09. The van der Waals surface area contributed by atoms with E-state index in [2.05, 4.69) is 6.58 Å². The number of carbonyl (C=O) groups excluding carboxylic acids is 2. The standard InChI is InChI=1S/C12H18O6/c1-8(2)12(15)18-6-10(14)5-16-4-9(13)3-11-7-17-11/h10-11,14H,1,3-7H2,2H3. The predicted molar refractivity (Wildman–Crippen MR) is 62.0 cm³/mol. The third kappa shape index (κ3) is 6.48. The van der Waals surface area contributed by atoms with Gasteiger partial charge in [-0.2, -0.15) is 0 Å². The molecule has 0 aromatic rings. The molecule has 1 saturated heterocycles. The zero-order valence-corrected chi connectivity index (χ0v) is 10.4. The van der Waals surface area contributed by atoms with Gasteiger partial charge in [0.25, 0.3) is 0 Å². The van der Waals surface area contributed by atoms with Crippen LogP contribution in [0.3, 0.4) is 0 Å². The fourth-order valence-corrected chi connectivity index (χ4v) is 1.15. The molecule has 1 rings (SSSR count).